The molecule has 3 rings (SSSR count). The van der Waals surface area contributed by atoms with Crippen molar-refractivity contribution in [3.63, 3.8) is 0 Å². The second-order valence-corrected chi connectivity index (χ2v) is 10.4. The van der Waals surface area contributed by atoms with Crippen LogP contribution in [-0.2, 0) is 36.4 Å². The number of ether oxygens (including phenoxy) is 1. The lowest BCUT2D eigenvalue weighted by atomic mass is 10.2. The van der Waals surface area contributed by atoms with Gasteiger partial charge in [-0.05, 0) is 0 Å². The maximum atomic E-state index is 11.9. The molecule has 3 heterocycles. The van der Waals surface area contributed by atoms with Gasteiger partial charge in [0.25, 0.3) is 0 Å². The zero-order valence-corrected chi connectivity index (χ0v) is 17.8. The molecule has 0 amide bonds. The number of hydrogen-bond acceptors (Lipinski definition) is 13. The number of rotatable bonds is 9. The molecule has 0 saturated carbocycles. The van der Waals surface area contributed by atoms with Crippen molar-refractivity contribution in [2.45, 2.75) is 24.9 Å². The molecule has 0 spiro atoms. The summed E-state index contributed by atoms with van der Waals surface area (Å²) in [6.45, 7) is -0.730. The molecule has 21 heteroatoms. The Labute approximate surface area is 172 Å². The summed E-state index contributed by atoms with van der Waals surface area (Å²) in [5.74, 6) is 5.36. The van der Waals surface area contributed by atoms with Crippen molar-refractivity contribution in [3.8, 4) is 0 Å². The zero-order chi connectivity index (χ0) is 23.0. The van der Waals surface area contributed by atoms with Crippen LogP contribution in [0.15, 0.2) is 12.7 Å². The molecule has 18 nitrogen and oxygen atoms in total. The molecule has 31 heavy (non-hydrogen) atoms. The Morgan fingerprint density at radius 3 is 2.48 bits per heavy atom. The maximum Gasteiger partial charge on any atom is 0.490 e. The van der Waals surface area contributed by atoms with Crippen LogP contribution in [0.1, 0.15) is 12.6 Å². The van der Waals surface area contributed by atoms with Gasteiger partial charge in [-0.25, -0.2) is 34.5 Å². The minimum Gasteiger partial charge on any atom is -0.382 e. The maximum absolute atomic E-state index is 11.9. The fourth-order valence-electron chi connectivity index (χ4n) is 2.72. The van der Waals surface area contributed by atoms with Crippen molar-refractivity contribution in [1.29, 1.82) is 0 Å². The van der Waals surface area contributed by atoms with Crippen LogP contribution in [0, 0.1) is 0 Å². The summed E-state index contributed by atoms with van der Waals surface area (Å²) in [4.78, 5) is 52.5. The highest BCUT2D eigenvalue weighted by Gasteiger charge is 2.43. The first-order valence-electron chi connectivity index (χ1n) is 8.02. The number of hydrogen-bond donors (Lipinski definition) is 6. The monoisotopic (exact) mass is 506 g/mol. The van der Waals surface area contributed by atoms with Gasteiger partial charge in [0.2, 0.25) is 0 Å². The lowest BCUT2D eigenvalue weighted by molar-refractivity contribution is -0.0600. The van der Waals surface area contributed by atoms with Crippen LogP contribution >= 0.6 is 23.5 Å². The Morgan fingerprint density at radius 1 is 1.13 bits per heavy atom. The van der Waals surface area contributed by atoms with Crippen molar-refractivity contribution in [3.05, 3.63) is 12.7 Å². The molecule has 174 valence electrons. The molecule has 5 atom stereocenters. The van der Waals surface area contributed by atoms with Crippen molar-refractivity contribution < 1.29 is 56.0 Å². The molecule has 1 fully saturated rings. The first-order valence-corrected chi connectivity index (χ1v) is 12.5. The van der Waals surface area contributed by atoms with E-state index in [1.54, 1.807) is 0 Å². The standard InChI is InChI=1S/C10H17N6O12P3/c11-9-8-10(14-3-13-9)16(4-15-8)7-1-5(26-12)6(25-7)2-24-30(20,21)28-31(22,23)27-29(17,18)19/h3-7H,1-2,12H2,(H,20,21)(H,22,23)(H2,11,13,14)(H2,17,18,19). The van der Waals surface area contributed by atoms with Crippen LogP contribution in [0.5, 0.6) is 0 Å². The molecule has 8 N–H and O–H groups in total. The number of aromatic nitrogens is 4. The van der Waals surface area contributed by atoms with Gasteiger partial charge in [-0.2, -0.15) is 8.62 Å². The largest absolute Gasteiger partial charge is 0.490 e. The van der Waals surface area contributed by atoms with E-state index in [1.165, 1.54) is 17.2 Å². The van der Waals surface area contributed by atoms with Gasteiger partial charge in [0.05, 0.1) is 12.9 Å². The first kappa shape index (κ1) is 24.3. The first-order chi connectivity index (χ1) is 14.3. The van der Waals surface area contributed by atoms with E-state index in [1.807, 2.05) is 0 Å². The third-order valence-electron chi connectivity index (χ3n) is 3.87. The Hall–Kier alpha value is -1.36. The third kappa shape index (κ3) is 6.12. The predicted octanol–water partition coefficient (Wildman–Crippen LogP) is -0.702. The number of nitrogens with zero attached hydrogens (tertiary/aromatic N) is 4. The summed E-state index contributed by atoms with van der Waals surface area (Å²) in [5.41, 5.74) is 6.37. The molecule has 5 unspecified atom stereocenters. The average molecular weight is 506 g/mol. The lowest BCUT2D eigenvalue weighted by Crippen LogP contribution is -2.31. The van der Waals surface area contributed by atoms with E-state index in [-0.39, 0.29) is 12.2 Å². The molecule has 2 aromatic rings. The van der Waals surface area contributed by atoms with Crippen molar-refractivity contribution >= 4 is 40.4 Å². The van der Waals surface area contributed by atoms with E-state index >= 15 is 0 Å². The van der Waals surface area contributed by atoms with Gasteiger partial charge in [-0.1, -0.05) is 0 Å². The Morgan fingerprint density at radius 2 is 1.84 bits per heavy atom. The molecule has 1 saturated heterocycles. The van der Waals surface area contributed by atoms with Crippen molar-refractivity contribution in [2.75, 3.05) is 12.3 Å². The Balaban J connectivity index is 1.67. The van der Waals surface area contributed by atoms with E-state index in [9.17, 15) is 18.6 Å². The second kappa shape index (κ2) is 8.88. The molecular weight excluding hydrogens is 489 g/mol. The van der Waals surface area contributed by atoms with E-state index in [0.29, 0.717) is 11.2 Å². The molecule has 2 aromatic heterocycles. The molecule has 0 bridgehead atoms. The van der Waals surface area contributed by atoms with Gasteiger partial charge in [0.1, 0.15) is 30.3 Å². The summed E-state index contributed by atoms with van der Waals surface area (Å²) in [6, 6.07) is 0. The summed E-state index contributed by atoms with van der Waals surface area (Å²) < 4.78 is 52.9. The van der Waals surface area contributed by atoms with Crippen molar-refractivity contribution in [2.24, 2.45) is 5.90 Å². The number of phosphoric acid groups is 3. The highest BCUT2D eigenvalue weighted by Crippen LogP contribution is 2.66. The second-order valence-electron chi connectivity index (χ2n) is 6.01. The Kier molecular flexibility index (Phi) is 6.96. The summed E-state index contributed by atoms with van der Waals surface area (Å²) in [7, 11) is -16.5. The number of anilines is 1. The van der Waals surface area contributed by atoms with Gasteiger partial charge in [-0.15, -0.1) is 0 Å². The number of phosphoric ester groups is 1. The average Bonchev–Trinajstić information content (AvgIpc) is 3.21. The molecule has 1 aliphatic rings. The van der Waals surface area contributed by atoms with E-state index < -0.39 is 48.5 Å². The third-order valence-corrected chi connectivity index (χ3v) is 7.67. The summed E-state index contributed by atoms with van der Waals surface area (Å²) in [5, 5.41) is 0. The van der Waals surface area contributed by atoms with Gasteiger partial charge >= 0.3 is 23.5 Å². The van der Waals surface area contributed by atoms with Gasteiger partial charge in [0, 0.05) is 6.42 Å². The highest BCUT2D eigenvalue weighted by atomic mass is 31.3. The van der Waals surface area contributed by atoms with Gasteiger partial charge in [-0.3, -0.25) is 13.9 Å². The minimum absolute atomic E-state index is 0.121. The van der Waals surface area contributed by atoms with E-state index in [0.717, 1.165) is 0 Å². The molecule has 0 radical (unpaired) electrons. The highest BCUT2D eigenvalue weighted by molar-refractivity contribution is 7.66. The van der Waals surface area contributed by atoms with Gasteiger partial charge in [0.15, 0.2) is 11.5 Å². The summed E-state index contributed by atoms with van der Waals surface area (Å²) >= 11 is 0. The SMILES string of the molecule is NOC1CC(n2cnc3c(N)ncnc32)OC1COP(=O)(O)OP(=O)(O)OP(=O)(O)O. The van der Waals surface area contributed by atoms with Crippen LogP contribution in [0.25, 0.3) is 11.2 Å². The lowest BCUT2D eigenvalue weighted by Gasteiger charge is -2.20. The van der Waals surface area contributed by atoms with Crippen molar-refractivity contribution in [1.82, 2.24) is 19.5 Å². The fourth-order valence-corrected chi connectivity index (χ4v) is 5.75. The molecule has 1 aliphatic heterocycles. The van der Waals surface area contributed by atoms with Gasteiger partial charge < -0.3 is 30.0 Å². The minimum atomic E-state index is -5.64. The molecule has 0 aromatic carbocycles. The number of fused-ring (bicyclic) bond motifs is 1. The number of nitrogens with two attached hydrogens (primary N) is 2. The number of nitrogen functional groups attached to an aromatic ring is 1. The normalized spacial score (nSPS) is 26.0. The topological polar surface area (TPSA) is 274 Å². The van der Waals surface area contributed by atoms with Crippen LogP contribution in [0.2, 0.25) is 0 Å². The molecule has 0 aliphatic carbocycles. The van der Waals surface area contributed by atoms with E-state index in [2.05, 4.69) is 28.1 Å². The molecular formula is C10H17N6O12P3. The van der Waals surface area contributed by atoms with E-state index in [4.69, 9.17) is 35.9 Å². The fraction of sp³-hybridized carbons (Fsp3) is 0.500. The zero-order valence-electron chi connectivity index (χ0n) is 15.1. The van der Waals surface area contributed by atoms with Crippen LogP contribution < -0.4 is 11.6 Å². The van der Waals surface area contributed by atoms with Crippen LogP contribution in [0.3, 0.4) is 0 Å². The smallest absolute Gasteiger partial charge is 0.382 e. The van der Waals surface area contributed by atoms with Crippen LogP contribution in [0.4, 0.5) is 5.82 Å². The Bertz CT molecular complexity index is 1090. The quantitative estimate of drug-likeness (QED) is 0.181. The van der Waals surface area contributed by atoms with Crippen LogP contribution in [-0.4, -0.2) is 57.9 Å². The predicted molar refractivity (Wildman–Crippen MR) is 97.1 cm³/mol. The summed E-state index contributed by atoms with van der Waals surface area (Å²) in [6.07, 6.45) is 0.0107. The number of imidazole rings is 1.